The fourth-order valence-electron chi connectivity index (χ4n) is 8.72. The lowest BCUT2D eigenvalue weighted by molar-refractivity contribution is 0.669. The highest BCUT2D eigenvalue weighted by Crippen LogP contribution is 2.49. The second-order valence-corrected chi connectivity index (χ2v) is 13.5. The zero-order valence-corrected chi connectivity index (χ0v) is 27.7. The maximum absolute atomic E-state index is 6.38. The summed E-state index contributed by atoms with van der Waals surface area (Å²) in [6.07, 6.45) is 0. The van der Waals surface area contributed by atoms with Gasteiger partial charge < -0.3 is 4.42 Å². The molecule has 0 atom stereocenters. The van der Waals surface area contributed by atoms with Crippen LogP contribution >= 0.6 is 0 Å². The van der Waals surface area contributed by atoms with Gasteiger partial charge in [-0.1, -0.05) is 164 Å². The molecule has 10 aromatic carbocycles. The van der Waals surface area contributed by atoms with Gasteiger partial charge in [-0.25, -0.2) is 0 Å². The Morgan fingerprint density at radius 1 is 0.255 bits per heavy atom. The van der Waals surface area contributed by atoms with Crippen LogP contribution in [0, 0.1) is 0 Å². The quantitative estimate of drug-likeness (QED) is 0.138. The first-order chi connectivity index (χ1) is 25.3. The summed E-state index contributed by atoms with van der Waals surface area (Å²) >= 11 is 0. The molecule has 0 fully saturated rings. The summed E-state index contributed by atoms with van der Waals surface area (Å²) in [5.41, 5.74) is 9.18. The average molecular weight is 647 g/mol. The van der Waals surface area contributed by atoms with Crippen LogP contribution in [0.2, 0.25) is 0 Å². The Morgan fingerprint density at radius 2 is 0.667 bits per heavy atom. The first-order valence-electron chi connectivity index (χ1n) is 17.6. The monoisotopic (exact) mass is 646 g/mol. The topological polar surface area (TPSA) is 13.1 Å². The van der Waals surface area contributed by atoms with Crippen LogP contribution in [0.1, 0.15) is 0 Å². The predicted molar refractivity (Wildman–Crippen MR) is 218 cm³/mol. The zero-order chi connectivity index (χ0) is 33.5. The lowest BCUT2D eigenvalue weighted by atomic mass is 9.83. The van der Waals surface area contributed by atoms with Gasteiger partial charge in [-0.15, -0.1) is 0 Å². The van der Waals surface area contributed by atoms with Gasteiger partial charge in [0.2, 0.25) is 0 Å². The SMILES string of the molecule is c1ccc(-c2c3ccccc3c(-c3cccc4oc5ccccc5c34)c3ccccc23)c(-c2ccc3c4ccccc4c4ccccc4c3c2)c1. The van der Waals surface area contributed by atoms with E-state index in [9.17, 15) is 0 Å². The van der Waals surface area contributed by atoms with Crippen molar-refractivity contribution < 1.29 is 4.42 Å². The maximum Gasteiger partial charge on any atom is 0.136 e. The van der Waals surface area contributed by atoms with Crippen LogP contribution < -0.4 is 0 Å². The highest BCUT2D eigenvalue weighted by atomic mass is 16.3. The number of fused-ring (bicyclic) bond motifs is 11. The number of furan rings is 1. The van der Waals surface area contributed by atoms with Gasteiger partial charge in [-0.2, -0.15) is 0 Å². The molecule has 1 heteroatoms. The molecule has 0 unspecified atom stereocenters. The van der Waals surface area contributed by atoms with Gasteiger partial charge in [0.05, 0.1) is 0 Å². The van der Waals surface area contributed by atoms with E-state index in [-0.39, 0.29) is 0 Å². The smallest absolute Gasteiger partial charge is 0.136 e. The van der Waals surface area contributed by atoms with Gasteiger partial charge in [0.25, 0.3) is 0 Å². The molecule has 11 aromatic rings. The average Bonchev–Trinajstić information content (AvgIpc) is 3.59. The zero-order valence-electron chi connectivity index (χ0n) is 27.7. The van der Waals surface area contributed by atoms with E-state index in [0.717, 1.165) is 21.9 Å². The summed E-state index contributed by atoms with van der Waals surface area (Å²) in [5, 5.41) is 15.0. The van der Waals surface area contributed by atoms with Crippen molar-refractivity contribution in [2.24, 2.45) is 0 Å². The largest absolute Gasteiger partial charge is 0.456 e. The molecule has 0 aliphatic carbocycles. The van der Waals surface area contributed by atoms with Crippen molar-refractivity contribution in [3.63, 3.8) is 0 Å². The summed E-state index contributed by atoms with van der Waals surface area (Å²) in [5.74, 6) is 0. The third-order valence-corrected chi connectivity index (χ3v) is 10.9. The van der Waals surface area contributed by atoms with E-state index >= 15 is 0 Å². The van der Waals surface area contributed by atoms with E-state index in [0.29, 0.717) is 0 Å². The van der Waals surface area contributed by atoms with E-state index < -0.39 is 0 Å². The second kappa shape index (κ2) is 10.9. The minimum atomic E-state index is 0.910. The Kier molecular flexibility index (Phi) is 6.02. The van der Waals surface area contributed by atoms with Gasteiger partial charge in [0, 0.05) is 10.8 Å². The van der Waals surface area contributed by atoms with Crippen LogP contribution in [-0.2, 0) is 0 Å². The minimum absolute atomic E-state index is 0.910. The van der Waals surface area contributed by atoms with Crippen LogP contribution in [0.5, 0.6) is 0 Å². The van der Waals surface area contributed by atoms with Crippen molar-refractivity contribution in [1.82, 2.24) is 0 Å². The second-order valence-electron chi connectivity index (χ2n) is 13.5. The Bertz CT molecular complexity index is 3100. The van der Waals surface area contributed by atoms with E-state index in [1.54, 1.807) is 0 Å². The molecule has 0 spiro atoms. The highest BCUT2D eigenvalue weighted by Gasteiger charge is 2.21. The fourth-order valence-corrected chi connectivity index (χ4v) is 8.72. The lowest BCUT2D eigenvalue weighted by Crippen LogP contribution is -1.93. The molecule has 0 aliphatic heterocycles. The van der Waals surface area contributed by atoms with Crippen molar-refractivity contribution in [3.05, 3.63) is 182 Å². The van der Waals surface area contributed by atoms with Crippen LogP contribution in [0.15, 0.2) is 186 Å². The van der Waals surface area contributed by atoms with Crippen LogP contribution in [0.3, 0.4) is 0 Å². The summed E-state index contributed by atoms with van der Waals surface area (Å²) in [4.78, 5) is 0. The van der Waals surface area contributed by atoms with E-state index in [1.807, 2.05) is 6.07 Å². The van der Waals surface area contributed by atoms with E-state index in [2.05, 4.69) is 176 Å². The molecule has 0 N–H and O–H groups in total. The van der Waals surface area contributed by atoms with Gasteiger partial charge >= 0.3 is 0 Å². The van der Waals surface area contributed by atoms with Gasteiger partial charge in [0.1, 0.15) is 11.2 Å². The van der Waals surface area contributed by atoms with Crippen LogP contribution in [0.4, 0.5) is 0 Å². The molecular weight excluding hydrogens is 617 g/mol. The molecule has 1 heterocycles. The number of benzene rings is 10. The Balaban J connectivity index is 1.22. The molecule has 1 aromatic heterocycles. The molecule has 0 radical (unpaired) electrons. The van der Waals surface area contributed by atoms with Gasteiger partial charge in [0.15, 0.2) is 0 Å². The molecule has 0 aliphatic rings. The summed E-state index contributed by atoms with van der Waals surface area (Å²) in [6, 6.07) is 66.3. The summed E-state index contributed by atoms with van der Waals surface area (Å²) in [6.45, 7) is 0. The molecule has 0 amide bonds. The first-order valence-corrected chi connectivity index (χ1v) is 17.6. The predicted octanol–water partition coefficient (Wildman–Crippen LogP) is 14.4. The number of rotatable bonds is 3. The number of hydrogen-bond donors (Lipinski definition) is 0. The molecule has 1 nitrogen and oxygen atoms in total. The Morgan fingerprint density at radius 3 is 1.27 bits per heavy atom. The molecule has 0 bridgehead atoms. The Hall–Kier alpha value is -6.70. The third-order valence-electron chi connectivity index (χ3n) is 10.9. The van der Waals surface area contributed by atoms with Crippen molar-refractivity contribution in [3.8, 4) is 33.4 Å². The summed E-state index contributed by atoms with van der Waals surface area (Å²) in [7, 11) is 0. The van der Waals surface area contributed by atoms with Crippen molar-refractivity contribution in [2.75, 3.05) is 0 Å². The summed E-state index contributed by atoms with van der Waals surface area (Å²) < 4.78 is 6.38. The van der Waals surface area contributed by atoms with Crippen LogP contribution in [0.25, 0.3) is 109 Å². The fraction of sp³-hybridized carbons (Fsp3) is 0. The maximum atomic E-state index is 6.38. The molecule has 0 saturated heterocycles. The molecular formula is C50H30O. The number of hydrogen-bond acceptors (Lipinski definition) is 1. The molecule has 11 rings (SSSR count). The normalized spacial score (nSPS) is 11.9. The van der Waals surface area contributed by atoms with E-state index in [4.69, 9.17) is 4.42 Å². The molecule has 51 heavy (non-hydrogen) atoms. The lowest BCUT2D eigenvalue weighted by Gasteiger charge is -2.20. The van der Waals surface area contributed by atoms with Crippen LogP contribution in [-0.4, -0.2) is 0 Å². The van der Waals surface area contributed by atoms with Crippen molar-refractivity contribution in [1.29, 1.82) is 0 Å². The van der Waals surface area contributed by atoms with Gasteiger partial charge in [-0.3, -0.25) is 0 Å². The number of para-hydroxylation sites is 1. The molecule has 236 valence electrons. The van der Waals surface area contributed by atoms with Crippen molar-refractivity contribution >= 4 is 75.8 Å². The first kappa shape index (κ1) is 28.2. The van der Waals surface area contributed by atoms with Gasteiger partial charge in [-0.05, 0) is 105 Å². The molecule has 0 saturated carbocycles. The Labute approximate surface area is 294 Å². The highest BCUT2D eigenvalue weighted by molar-refractivity contribution is 6.28. The van der Waals surface area contributed by atoms with E-state index in [1.165, 1.54) is 87.2 Å². The minimum Gasteiger partial charge on any atom is -0.456 e. The standard InChI is InChI=1S/C50H30O/c1-6-19-38(32(14-1)31-28-29-37-35-17-3-2-15-33(35)34-16-4-5-18-36(34)45(37)30-31)48-39-20-7-9-22-41(39)49(42-23-10-8-21-40(42)48)44-25-13-27-47-50(44)43-24-11-12-26-46(43)51-47/h1-30H. The third kappa shape index (κ3) is 4.09. The van der Waals surface area contributed by atoms with Crippen molar-refractivity contribution in [2.45, 2.75) is 0 Å².